The fourth-order valence-electron chi connectivity index (χ4n) is 5.85. The molecule has 2 aliphatic rings. The van der Waals surface area contributed by atoms with Crippen LogP contribution in [-0.2, 0) is 16.8 Å². The molecule has 4 aromatic rings. The van der Waals surface area contributed by atoms with Crippen molar-refractivity contribution in [1.29, 1.82) is 5.53 Å². The summed E-state index contributed by atoms with van der Waals surface area (Å²) < 4.78 is 7.37. The number of nitrogens with two attached hydrogens (primary N) is 1. The summed E-state index contributed by atoms with van der Waals surface area (Å²) in [7, 11) is 0. The first-order chi connectivity index (χ1) is 19.3. The van der Waals surface area contributed by atoms with Crippen molar-refractivity contribution in [3.05, 3.63) is 82.0 Å². The van der Waals surface area contributed by atoms with E-state index in [0.717, 1.165) is 18.4 Å². The van der Waals surface area contributed by atoms with Crippen molar-refractivity contribution in [3.8, 4) is 0 Å². The lowest BCUT2D eigenvalue weighted by Gasteiger charge is -2.43. The van der Waals surface area contributed by atoms with Crippen molar-refractivity contribution in [1.82, 2.24) is 24.5 Å². The van der Waals surface area contributed by atoms with Gasteiger partial charge in [-0.15, -0.1) is 0 Å². The van der Waals surface area contributed by atoms with E-state index in [4.69, 9.17) is 27.6 Å². The average Bonchev–Trinajstić information content (AvgIpc) is 3.26. The van der Waals surface area contributed by atoms with E-state index in [0.29, 0.717) is 57.5 Å². The Labute approximate surface area is 240 Å². The smallest absolute Gasteiger partial charge is 0.263 e. The Morgan fingerprint density at radius 3 is 2.65 bits per heavy atom. The number of nitrogens with one attached hydrogen (secondary N) is 1. The number of rotatable bonds is 6. The van der Waals surface area contributed by atoms with Crippen molar-refractivity contribution in [2.24, 2.45) is 16.3 Å². The Kier molecular flexibility index (Phi) is 7.16. The third-order valence-electron chi connectivity index (χ3n) is 8.42. The molecule has 12 heteroatoms. The zero-order chi connectivity index (χ0) is 27.9. The van der Waals surface area contributed by atoms with Gasteiger partial charge in [0.05, 0.1) is 59.6 Å². The molecule has 1 aliphatic carbocycles. The number of ether oxygens (including phenoxy) is 1. The number of halogens is 1. The molecule has 4 heterocycles. The Balaban J connectivity index is 1.22. The van der Waals surface area contributed by atoms with E-state index in [1.165, 1.54) is 22.7 Å². The van der Waals surface area contributed by atoms with Crippen LogP contribution in [0.5, 0.6) is 0 Å². The van der Waals surface area contributed by atoms with Crippen LogP contribution in [0.1, 0.15) is 43.9 Å². The van der Waals surface area contributed by atoms with Crippen molar-refractivity contribution in [2.45, 2.75) is 66.8 Å². The lowest BCUT2D eigenvalue weighted by atomic mass is 9.64. The molecular formula is C28H29ClN8O2S. The predicted molar refractivity (Wildman–Crippen MR) is 152 cm³/mol. The minimum atomic E-state index is -0.710. The largest absolute Gasteiger partial charge is 0.376 e. The van der Waals surface area contributed by atoms with Gasteiger partial charge in [0.25, 0.3) is 5.56 Å². The quantitative estimate of drug-likeness (QED) is 0.306. The number of nitrogens with zero attached hydrogens (tertiary/aromatic N) is 6. The summed E-state index contributed by atoms with van der Waals surface area (Å²) in [6, 6.07) is 7.33. The van der Waals surface area contributed by atoms with Crippen LogP contribution in [0.15, 0.2) is 75.2 Å². The lowest BCUT2D eigenvalue weighted by molar-refractivity contribution is 0.0746. The molecule has 0 radical (unpaired) electrons. The molecule has 1 saturated heterocycles. The molecule has 2 atom stereocenters. The van der Waals surface area contributed by atoms with E-state index in [9.17, 15) is 4.79 Å². The molecular weight excluding hydrogens is 548 g/mol. The van der Waals surface area contributed by atoms with Crippen LogP contribution in [0.4, 0.5) is 0 Å². The first-order valence-electron chi connectivity index (χ1n) is 13.2. The number of pyridine rings is 1. The van der Waals surface area contributed by atoms with E-state index in [1.54, 1.807) is 30.9 Å². The Morgan fingerprint density at radius 2 is 2.00 bits per heavy atom. The third-order valence-corrected chi connectivity index (χ3v) is 9.91. The van der Waals surface area contributed by atoms with Gasteiger partial charge in [0, 0.05) is 28.7 Å². The highest BCUT2D eigenvalue weighted by Crippen LogP contribution is 2.51. The summed E-state index contributed by atoms with van der Waals surface area (Å²) >= 11 is 8.08. The first kappa shape index (κ1) is 26.9. The number of hydrogen-bond donors (Lipinski definition) is 2. The van der Waals surface area contributed by atoms with Gasteiger partial charge in [-0.2, -0.15) is 5.11 Å². The average molecular weight is 577 g/mol. The highest BCUT2D eigenvalue weighted by atomic mass is 35.5. The molecule has 2 fully saturated rings. The zero-order valence-corrected chi connectivity index (χ0v) is 23.5. The molecule has 1 aliphatic heterocycles. The highest BCUT2D eigenvalue weighted by Gasteiger charge is 2.52. The standard InChI is InChI=1S/C28H29ClN8O2S/c1-17-25(30)27(15-39-17)6-8-28(36-31,9-7-27)21-12-34-22(13-33-21)40-20-5-4-19-23(24(20)29)26(38)37(16-35-19)14-18-3-2-10-32-11-18/h2-5,10-13,16-17,25,31H,6-9,14-15,30H2,1H3/t17-,25+,27?,28?/m0/s1. The topological polar surface area (TPSA) is 145 Å². The SMILES string of the molecule is C[C@@H]1OCC2(CCC(N=N)(c3cnc(Sc4ccc5ncn(Cc6cccnc6)c(=O)c5c4Cl)cn3)CC2)[C@@H]1N. The summed E-state index contributed by atoms with van der Waals surface area (Å²) in [6.45, 7) is 3.02. The maximum Gasteiger partial charge on any atom is 0.263 e. The van der Waals surface area contributed by atoms with Crippen LogP contribution in [0, 0.1) is 10.9 Å². The predicted octanol–water partition coefficient (Wildman–Crippen LogP) is 4.97. The molecule has 0 amide bonds. The monoisotopic (exact) mass is 576 g/mol. The molecule has 3 aromatic heterocycles. The van der Waals surface area contributed by atoms with Crippen molar-refractivity contribution in [2.75, 3.05) is 6.61 Å². The zero-order valence-electron chi connectivity index (χ0n) is 22.0. The molecule has 10 nitrogen and oxygen atoms in total. The normalized spacial score (nSPS) is 26.4. The molecule has 1 saturated carbocycles. The molecule has 0 unspecified atom stereocenters. The summed E-state index contributed by atoms with van der Waals surface area (Å²) in [6.07, 6.45) is 11.4. The maximum absolute atomic E-state index is 13.3. The van der Waals surface area contributed by atoms with Crippen molar-refractivity contribution in [3.63, 3.8) is 0 Å². The van der Waals surface area contributed by atoms with Gasteiger partial charge in [-0.05, 0) is 56.4 Å². The second-order valence-corrected chi connectivity index (χ2v) is 12.1. The molecule has 206 valence electrons. The van der Waals surface area contributed by atoms with Gasteiger partial charge in [-0.25, -0.2) is 15.5 Å². The molecule has 40 heavy (non-hydrogen) atoms. The summed E-state index contributed by atoms with van der Waals surface area (Å²) in [5, 5.41) is 5.35. The van der Waals surface area contributed by atoms with Crippen LogP contribution in [-0.4, -0.2) is 43.3 Å². The Bertz CT molecular complexity index is 1610. The Hall–Kier alpha value is -3.25. The molecule has 0 bridgehead atoms. The summed E-state index contributed by atoms with van der Waals surface area (Å²) in [5.74, 6) is 0. The van der Waals surface area contributed by atoms with Gasteiger partial charge in [0.2, 0.25) is 0 Å². The van der Waals surface area contributed by atoms with Gasteiger partial charge in [-0.1, -0.05) is 29.4 Å². The summed E-state index contributed by atoms with van der Waals surface area (Å²) in [4.78, 5) is 31.8. The molecule has 3 N–H and O–H groups in total. The van der Waals surface area contributed by atoms with E-state index in [-0.39, 0.29) is 23.1 Å². The molecule has 1 spiro atoms. The van der Waals surface area contributed by atoms with Crippen molar-refractivity contribution < 1.29 is 4.74 Å². The van der Waals surface area contributed by atoms with Crippen LogP contribution in [0.3, 0.4) is 0 Å². The first-order valence-corrected chi connectivity index (χ1v) is 14.4. The van der Waals surface area contributed by atoms with E-state index >= 15 is 0 Å². The fraction of sp³-hybridized carbons (Fsp3) is 0.393. The number of fused-ring (bicyclic) bond motifs is 1. The highest BCUT2D eigenvalue weighted by molar-refractivity contribution is 7.99. The van der Waals surface area contributed by atoms with Gasteiger partial charge < -0.3 is 10.5 Å². The van der Waals surface area contributed by atoms with E-state index in [2.05, 4.69) is 25.1 Å². The molecule has 6 rings (SSSR count). The minimum Gasteiger partial charge on any atom is -0.376 e. The lowest BCUT2D eigenvalue weighted by Crippen LogP contribution is -2.48. The molecule has 1 aromatic carbocycles. The van der Waals surface area contributed by atoms with E-state index < -0.39 is 5.54 Å². The van der Waals surface area contributed by atoms with Crippen LogP contribution in [0.2, 0.25) is 5.02 Å². The maximum atomic E-state index is 13.3. The Morgan fingerprint density at radius 1 is 1.18 bits per heavy atom. The third kappa shape index (κ3) is 4.70. The van der Waals surface area contributed by atoms with E-state index in [1.807, 2.05) is 25.1 Å². The van der Waals surface area contributed by atoms with Gasteiger partial charge in [0.15, 0.2) is 0 Å². The van der Waals surface area contributed by atoms with Gasteiger partial charge in [0.1, 0.15) is 10.6 Å². The van der Waals surface area contributed by atoms with Gasteiger partial charge in [-0.3, -0.25) is 19.3 Å². The fourth-order valence-corrected chi connectivity index (χ4v) is 6.97. The number of benzene rings is 1. The van der Waals surface area contributed by atoms with Crippen LogP contribution >= 0.6 is 23.4 Å². The number of aromatic nitrogens is 5. The summed E-state index contributed by atoms with van der Waals surface area (Å²) in [5.41, 5.74) is 15.6. The van der Waals surface area contributed by atoms with Crippen LogP contribution in [0.25, 0.3) is 10.9 Å². The second-order valence-electron chi connectivity index (χ2n) is 10.7. The van der Waals surface area contributed by atoms with Crippen molar-refractivity contribution >= 4 is 34.3 Å². The van der Waals surface area contributed by atoms with Gasteiger partial charge >= 0.3 is 0 Å². The second kappa shape index (κ2) is 10.6. The van der Waals surface area contributed by atoms with Crippen LogP contribution < -0.4 is 11.3 Å². The minimum absolute atomic E-state index is 0.0116. The number of hydrogen-bond acceptors (Lipinski definition) is 10.